The van der Waals surface area contributed by atoms with Crippen molar-refractivity contribution >= 4 is 17.7 Å². The fraction of sp³-hybridized carbons (Fsp3) is 0.417. The van der Waals surface area contributed by atoms with E-state index in [1.165, 1.54) is 12.1 Å². The Morgan fingerprint density at radius 1 is 1.26 bits per heavy atom. The number of likely N-dealkylation sites (tertiary alicyclic amines) is 1. The first-order chi connectivity index (χ1) is 16.6. The molecular weight excluding hydrogens is 456 g/mol. The Morgan fingerprint density at radius 2 is 2.00 bits per heavy atom. The minimum absolute atomic E-state index is 0.0295. The van der Waals surface area contributed by atoms with Crippen LogP contribution in [0.5, 0.6) is 11.5 Å². The lowest BCUT2D eigenvalue weighted by atomic mass is 10.0. The van der Waals surface area contributed by atoms with Gasteiger partial charge in [-0.1, -0.05) is 30.3 Å². The van der Waals surface area contributed by atoms with Crippen molar-refractivity contribution in [3.05, 3.63) is 63.7 Å². The highest BCUT2D eigenvalue weighted by atomic mass is 16.6. The van der Waals surface area contributed by atoms with E-state index in [1.54, 1.807) is 4.90 Å². The molecule has 2 unspecified atom stereocenters. The van der Waals surface area contributed by atoms with Gasteiger partial charge in [-0.05, 0) is 19.4 Å². The van der Waals surface area contributed by atoms with Gasteiger partial charge in [-0.2, -0.15) is 0 Å². The van der Waals surface area contributed by atoms with E-state index < -0.39 is 34.7 Å². The number of nitrogens with one attached hydrogen (secondary N) is 1. The summed E-state index contributed by atoms with van der Waals surface area (Å²) in [7, 11) is 0. The van der Waals surface area contributed by atoms with E-state index in [1.807, 2.05) is 44.2 Å². The number of rotatable bonds is 8. The van der Waals surface area contributed by atoms with Gasteiger partial charge in [0.05, 0.1) is 17.5 Å². The molecule has 2 heterocycles. The van der Waals surface area contributed by atoms with Crippen molar-refractivity contribution in [1.29, 1.82) is 0 Å². The van der Waals surface area contributed by atoms with Crippen molar-refractivity contribution < 1.29 is 28.7 Å². The van der Waals surface area contributed by atoms with Gasteiger partial charge in [0.2, 0.25) is 11.7 Å². The molecule has 0 saturated carbocycles. The van der Waals surface area contributed by atoms with Gasteiger partial charge in [-0.25, -0.2) is 4.79 Å². The van der Waals surface area contributed by atoms with Crippen molar-refractivity contribution in [2.45, 2.75) is 44.6 Å². The van der Waals surface area contributed by atoms with Crippen LogP contribution in [0.2, 0.25) is 0 Å². The molecule has 1 saturated heterocycles. The van der Waals surface area contributed by atoms with Crippen LogP contribution in [0.3, 0.4) is 0 Å². The number of nitrogens with two attached hydrogens (primary N) is 1. The fourth-order valence-corrected chi connectivity index (χ4v) is 4.39. The van der Waals surface area contributed by atoms with Crippen LogP contribution >= 0.6 is 0 Å². The molecule has 0 aromatic heterocycles. The lowest BCUT2D eigenvalue weighted by molar-refractivity contribution is -0.386. The maximum atomic E-state index is 12.5. The zero-order chi connectivity index (χ0) is 25.2. The Morgan fingerprint density at radius 3 is 2.69 bits per heavy atom. The number of hydrogen-bond donors (Lipinski definition) is 2. The molecule has 0 aliphatic carbocycles. The molecule has 11 nitrogen and oxygen atoms in total. The van der Waals surface area contributed by atoms with Crippen LogP contribution in [0.4, 0.5) is 10.5 Å². The number of nitro benzene ring substituents is 1. The lowest BCUT2D eigenvalue weighted by Crippen LogP contribution is -2.45. The standard InChI is InChI=1S/C24H28N4O7/c1-24(2)10-16-8-18(28(31)32)20(9-19(16)35-24)34-21-12-27(13-22(25)29)11-17(21)26-23(30)33-14-15-6-4-3-5-7-15/h3-9,17,21H,10-14H2,1-2H3,(H2,25,29)(H,26,30). The molecule has 2 aliphatic rings. The van der Waals surface area contributed by atoms with Crippen LogP contribution < -0.4 is 20.5 Å². The second-order valence-electron chi connectivity index (χ2n) is 9.35. The predicted molar refractivity (Wildman–Crippen MR) is 125 cm³/mol. The molecule has 2 atom stereocenters. The van der Waals surface area contributed by atoms with E-state index in [9.17, 15) is 19.7 Å². The van der Waals surface area contributed by atoms with Gasteiger partial charge in [-0.15, -0.1) is 0 Å². The van der Waals surface area contributed by atoms with E-state index in [4.69, 9.17) is 19.9 Å². The van der Waals surface area contributed by atoms with Gasteiger partial charge in [0.25, 0.3) is 0 Å². The highest BCUT2D eigenvalue weighted by Gasteiger charge is 2.39. The van der Waals surface area contributed by atoms with Crippen molar-refractivity contribution in [2.24, 2.45) is 5.73 Å². The second-order valence-corrected chi connectivity index (χ2v) is 9.35. The van der Waals surface area contributed by atoms with E-state index >= 15 is 0 Å². The number of carbonyl (C=O) groups is 2. The largest absolute Gasteiger partial charge is 0.487 e. The van der Waals surface area contributed by atoms with Crippen molar-refractivity contribution in [3.8, 4) is 11.5 Å². The average Bonchev–Trinajstić information content (AvgIpc) is 3.29. The number of primary amides is 1. The predicted octanol–water partition coefficient (Wildman–Crippen LogP) is 2.15. The summed E-state index contributed by atoms with van der Waals surface area (Å²) in [4.78, 5) is 36.9. The van der Waals surface area contributed by atoms with Gasteiger partial charge >= 0.3 is 11.8 Å². The third-order valence-electron chi connectivity index (χ3n) is 5.86. The van der Waals surface area contributed by atoms with Crippen LogP contribution in [-0.2, 0) is 22.6 Å². The maximum Gasteiger partial charge on any atom is 0.407 e. The van der Waals surface area contributed by atoms with E-state index in [0.717, 1.165) is 11.1 Å². The van der Waals surface area contributed by atoms with Crippen molar-refractivity contribution in [2.75, 3.05) is 19.6 Å². The first kappa shape index (κ1) is 24.3. The summed E-state index contributed by atoms with van der Waals surface area (Å²) >= 11 is 0. The molecule has 186 valence electrons. The number of amides is 2. The van der Waals surface area contributed by atoms with Crippen molar-refractivity contribution in [3.63, 3.8) is 0 Å². The molecule has 2 aromatic rings. The Hall–Kier alpha value is -3.86. The average molecular weight is 485 g/mol. The number of hydrogen-bond acceptors (Lipinski definition) is 8. The topological polar surface area (TPSA) is 146 Å². The quantitative estimate of drug-likeness (QED) is 0.428. The van der Waals surface area contributed by atoms with Gasteiger partial charge in [0, 0.05) is 37.2 Å². The third kappa shape index (κ3) is 5.99. The summed E-state index contributed by atoms with van der Waals surface area (Å²) in [5.41, 5.74) is 6.23. The summed E-state index contributed by atoms with van der Waals surface area (Å²) in [6.45, 7) is 4.33. The molecule has 0 spiro atoms. The summed E-state index contributed by atoms with van der Waals surface area (Å²) in [6.07, 6.45) is -0.817. The summed E-state index contributed by atoms with van der Waals surface area (Å²) in [5.74, 6) is 0.0198. The molecular formula is C24H28N4O7. The number of nitro groups is 1. The Bertz CT molecular complexity index is 1120. The Balaban J connectivity index is 1.50. The molecule has 1 fully saturated rings. The minimum atomic E-state index is -0.690. The summed E-state index contributed by atoms with van der Waals surface area (Å²) in [6, 6.07) is 11.6. The SMILES string of the molecule is CC1(C)Cc2cc([N+](=O)[O-])c(OC3CN(CC(N)=O)CC3NC(=O)OCc3ccccc3)cc2O1. The van der Waals surface area contributed by atoms with E-state index in [-0.39, 0.29) is 37.7 Å². The van der Waals surface area contributed by atoms with Crippen LogP contribution in [0.1, 0.15) is 25.0 Å². The maximum absolute atomic E-state index is 12.5. The third-order valence-corrected chi connectivity index (χ3v) is 5.86. The molecule has 0 bridgehead atoms. The van der Waals surface area contributed by atoms with E-state index in [0.29, 0.717) is 12.2 Å². The fourth-order valence-electron chi connectivity index (χ4n) is 4.39. The first-order valence-corrected chi connectivity index (χ1v) is 11.2. The second kappa shape index (κ2) is 9.79. The smallest absolute Gasteiger partial charge is 0.407 e. The van der Waals surface area contributed by atoms with Crippen LogP contribution in [-0.4, -0.2) is 59.2 Å². The van der Waals surface area contributed by atoms with Crippen molar-refractivity contribution in [1.82, 2.24) is 10.2 Å². The van der Waals surface area contributed by atoms with Gasteiger partial charge < -0.3 is 25.3 Å². The highest BCUT2D eigenvalue weighted by molar-refractivity contribution is 5.76. The van der Waals surface area contributed by atoms with Gasteiger partial charge in [0.15, 0.2) is 0 Å². The highest BCUT2D eigenvalue weighted by Crippen LogP contribution is 2.42. The van der Waals surface area contributed by atoms with E-state index in [2.05, 4.69) is 5.32 Å². The minimum Gasteiger partial charge on any atom is -0.487 e. The van der Waals surface area contributed by atoms with Gasteiger partial charge in [-0.3, -0.25) is 19.8 Å². The molecule has 4 rings (SSSR count). The molecule has 11 heteroatoms. The Kier molecular flexibility index (Phi) is 6.79. The lowest BCUT2D eigenvalue weighted by Gasteiger charge is -2.21. The molecule has 35 heavy (non-hydrogen) atoms. The monoisotopic (exact) mass is 484 g/mol. The number of ether oxygens (including phenoxy) is 3. The molecule has 2 aromatic carbocycles. The first-order valence-electron chi connectivity index (χ1n) is 11.2. The van der Waals surface area contributed by atoms with Crippen LogP contribution in [0.15, 0.2) is 42.5 Å². The summed E-state index contributed by atoms with van der Waals surface area (Å²) < 4.78 is 17.3. The number of alkyl carbamates (subject to hydrolysis) is 1. The number of nitrogens with zero attached hydrogens (tertiary/aromatic N) is 2. The number of fused-ring (bicyclic) bond motifs is 1. The van der Waals surface area contributed by atoms with Gasteiger partial charge in [0.1, 0.15) is 24.1 Å². The molecule has 3 N–H and O–H groups in total. The molecule has 0 radical (unpaired) electrons. The molecule has 2 amide bonds. The van der Waals surface area contributed by atoms with Crippen LogP contribution in [0, 0.1) is 10.1 Å². The number of benzene rings is 2. The number of carbonyl (C=O) groups excluding carboxylic acids is 2. The summed E-state index contributed by atoms with van der Waals surface area (Å²) in [5, 5.41) is 14.5. The molecule has 2 aliphatic heterocycles. The Labute approximate surface area is 202 Å². The zero-order valence-electron chi connectivity index (χ0n) is 19.6. The normalized spacial score (nSPS) is 20.5. The zero-order valence-corrected chi connectivity index (χ0v) is 19.6. The van der Waals surface area contributed by atoms with Crippen LogP contribution in [0.25, 0.3) is 0 Å².